The molecular weight excluding hydrogens is 442 g/mol. The number of esters is 1. The standard InChI is InChI=1S/C28H35N3O4/c1-19(2)15-24(27(33)35-5)26(32)29-20(3)16-22-18-31(25-14-10-9-13-23(22)25)28(34)30(4)17-21-11-7-6-8-12-21/h6-14,18-20,24H,15-17H2,1-5H3,(H,29,32)/t20-,24+/m1/s1. The van der Waals surface area contributed by atoms with Crippen LogP contribution in [0.15, 0.2) is 60.8 Å². The molecule has 0 aliphatic carbocycles. The monoisotopic (exact) mass is 477 g/mol. The fourth-order valence-corrected chi connectivity index (χ4v) is 4.33. The summed E-state index contributed by atoms with van der Waals surface area (Å²) in [4.78, 5) is 40.0. The van der Waals surface area contributed by atoms with E-state index in [2.05, 4.69) is 5.32 Å². The minimum absolute atomic E-state index is 0.129. The number of nitrogens with zero attached hydrogens (tertiary/aromatic N) is 2. The molecule has 186 valence electrons. The number of ether oxygens (including phenoxy) is 1. The minimum atomic E-state index is -0.836. The first kappa shape index (κ1) is 26.0. The predicted molar refractivity (Wildman–Crippen MR) is 137 cm³/mol. The van der Waals surface area contributed by atoms with Crippen LogP contribution in [0.2, 0.25) is 0 Å². The largest absolute Gasteiger partial charge is 0.468 e. The molecule has 0 bridgehead atoms. The van der Waals surface area contributed by atoms with Crippen LogP contribution < -0.4 is 5.32 Å². The third-order valence-corrected chi connectivity index (χ3v) is 6.01. The molecule has 7 heteroatoms. The molecule has 0 fully saturated rings. The summed E-state index contributed by atoms with van der Waals surface area (Å²) in [6, 6.07) is 17.2. The highest BCUT2D eigenvalue weighted by molar-refractivity contribution is 5.98. The summed E-state index contributed by atoms with van der Waals surface area (Å²) in [6.45, 7) is 6.33. The average Bonchev–Trinajstić information content (AvgIpc) is 3.20. The van der Waals surface area contributed by atoms with Crippen molar-refractivity contribution in [1.29, 1.82) is 0 Å². The number of nitrogens with one attached hydrogen (secondary N) is 1. The summed E-state index contributed by atoms with van der Waals surface area (Å²) in [5.41, 5.74) is 2.82. The van der Waals surface area contributed by atoms with E-state index in [4.69, 9.17) is 4.74 Å². The first-order chi connectivity index (χ1) is 16.7. The van der Waals surface area contributed by atoms with Gasteiger partial charge in [-0.05, 0) is 42.9 Å². The molecule has 2 atom stereocenters. The maximum atomic E-state index is 13.3. The van der Waals surface area contributed by atoms with Crippen molar-refractivity contribution in [3.05, 3.63) is 71.9 Å². The van der Waals surface area contributed by atoms with Gasteiger partial charge in [0.1, 0.15) is 5.92 Å². The molecule has 0 unspecified atom stereocenters. The first-order valence-electron chi connectivity index (χ1n) is 12.0. The van der Waals surface area contributed by atoms with Crippen LogP contribution in [0.25, 0.3) is 10.9 Å². The minimum Gasteiger partial charge on any atom is -0.468 e. The van der Waals surface area contributed by atoms with Crippen molar-refractivity contribution in [2.75, 3.05) is 14.2 Å². The van der Waals surface area contributed by atoms with Crippen molar-refractivity contribution in [2.45, 2.75) is 46.2 Å². The van der Waals surface area contributed by atoms with Gasteiger partial charge < -0.3 is 15.0 Å². The van der Waals surface area contributed by atoms with Crippen LogP contribution in [-0.2, 0) is 27.3 Å². The maximum absolute atomic E-state index is 13.3. The molecule has 1 N–H and O–H groups in total. The van der Waals surface area contributed by atoms with Gasteiger partial charge in [-0.25, -0.2) is 4.79 Å². The third kappa shape index (κ3) is 6.50. The van der Waals surface area contributed by atoms with Crippen LogP contribution in [0, 0.1) is 11.8 Å². The van der Waals surface area contributed by atoms with Crippen LogP contribution in [0.5, 0.6) is 0 Å². The van der Waals surface area contributed by atoms with E-state index in [0.29, 0.717) is 19.4 Å². The number of hydrogen-bond acceptors (Lipinski definition) is 4. The lowest BCUT2D eigenvalue weighted by Crippen LogP contribution is -2.42. The lowest BCUT2D eigenvalue weighted by molar-refractivity contribution is -0.150. The van der Waals surface area contributed by atoms with Crippen molar-refractivity contribution in [3.8, 4) is 0 Å². The van der Waals surface area contributed by atoms with Crippen LogP contribution in [0.3, 0.4) is 0 Å². The Morgan fingerprint density at radius 1 is 1.00 bits per heavy atom. The number of carbonyl (C=O) groups excluding carboxylic acids is 3. The predicted octanol–water partition coefficient (Wildman–Crippen LogP) is 4.62. The Morgan fingerprint density at radius 3 is 2.31 bits per heavy atom. The number of fused-ring (bicyclic) bond motifs is 1. The van der Waals surface area contributed by atoms with Gasteiger partial charge in [0.05, 0.1) is 12.6 Å². The summed E-state index contributed by atoms with van der Waals surface area (Å²) >= 11 is 0. The van der Waals surface area contributed by atoms with Crippen molar-refractivity contribution < 1.29 is 19.1 Å². The van der Waals surface area contributed by atoms with Gasteiger partial charge >= 0.3 is 12.0 Å². The number of amides is 2. The van der Waals surface area contributed by atoms with Crippen LogP contribution in [-0.4, -0.2) is 47.6 Å². The van der Waals surface area contributed by atoms with Crippen molar-refractivity contribution in [2.24, 2.45) is 11.8 Å². The van der Waals surface area contributed by atoms with Crippen LogP contribution in [0.1, 0.15) is 38.3 Å². The van der Waals surface area contributed by atoms with Crippen molar-refractivity contribution >= 4 is 28.8 Å². The number of methoxy groups -OCH3 is 1. The summed E-state index contributed by atoms with van der Waals surface area (Å²) < 4.78 is 6.51. The Balaban J connectivity index is 1.78. The molecule has 0 spiro atoms. The van der Waals surface area contributed by atoms with Crippen LogP contribution in [0.4, 0.5) is 4.79 Å². The second-order valence-electron chi connectivity index (χ2n) is 9.48. The van der Waals surface area contributed by atoms with Gasteiger partial charge in [-0.1, -0.05) is 62.4 Å². The fourth-order valence-electron chi connectivity index (χ4n) is 4.33. The van der Waals surface area contributed by atoms with Gasteiger partial charge in [-0.15, -0.1) is 0 Å². The van der Waals surface area contributed by atoms with Gasteiger partial charge in [0.25, 0.3) is 0 Å². The summed E-state index contributed by atoms with van der Waals surface area (Å²) in [6.07, 6.45) is 2.79. The number of carbonyl (C=O) groups is 3. The molecule has 0 aliphatic heterocycles. The number of para-hydroxylation sites is 1. The second kappa shape index (κ2) is 11.7. The molecular formula is C28H35N3O4. The molecule has 0 aliphatic rings. The van der Waals surface area contributed by atoms with E-state index in [-0.39, 0.29) is 23.9 Å². The van der Waals surface area contributed by atoms with E-state index in [1.165, 1.54) is 7.11 Å². The average molecular weight is 478 g/mol. The Labute approximate surface area is 207 Å². The van der Waals surface area contributed by atoms with E-state index in [9.17, 15) is 14.4 Å². The van der Waals surface area contributed by atoms with E-state index in [0.717, 1.165) is 22.0 Å². The molecule has 1 aromatic heterocycles. The second-order valence-corrected chi connectivity index (χ2v) is 9.48. The molecule has 3 rings (SSSR count). The lowest BCUT2D eigenvalue weighted by atomic mass is 9.95. The van der Waals surface area contributed by atoms with Gasteiger partial charge in [-0.3, -0.25) is 14.2 Å². The first-order valence-corrected chi connectivity index (χ1v) is 12.0. The molecule has 2 amide bonds. The Morgan fingerprint density at radius 2 is 1.66 bits per heavy atom. The lowest BCUT2D eigenvalue weighted by Gasteiger charge is -2.20. The van der Waals surface area contributed by atoms with Crippen molar-refractivity contribution in [3.63, 3.8) is 0 Å². The molecule has 35 heavy (non-hydrogen) atoms. The van der Waals surface area contributed by atoms with E-state index >= 15 is 0 Å². The molecule has 7 nitrogen and oxygen atoms in total. The van der Waals surface area contributed by atoms with E-state index < -0.39 is 11.9 Å². The van der Waals surface area contributed by atoms with Crippen molar-refractivity contribution in [1.82, 2.24) is 14.8 Å². The maximum Gasteiger partial charge on any atom is 0.328 e. The molecule has 3 aromatic rings. The Bertz CT molecular complexity index is 1170. The highest BCUT2D eigenvalue weighted by Crippen LogP contribution is 2.24. The normalized spacial score (nSPS) is 12.9. The summed E-state index contributed by atoms with van der Waals surface area (Å²) in [5, 5.41) is 3.92. The topological polar surface area (TPSA) is 80.6 Å². The zero-order chi connectivity index (χ0) is 25.5. The molecule has 0 saturated carbocycles. The van der Waals surface area contributed by atoms with Crippen LogP contribution >= 0.6 is 0 Å². The fraction of sp³-hybridized carbons (Fsp3) is 0.393. The zero-order valence-electron chi connectivity index (χ0n) is 21.2. The van der Waals surface area contributed by atoms with E-state index in [1.807, 2.05) is 81.6 Å². The summed E-state index contributed by atoms with van der Waals surface area (Å²) in [5.74, 6) is -1.51. The van der Waals surface area contributed by atoms with Gasteiger partial charge in [0.2, 0.25) is 5.91 Å². The van der Waals surface area contributed by atoms with Gasteiger partial charge in [-0.2, -0.15) is 0 Å². The SMILES string of the molecule is COC(=O)[C@@H](CC(C)C)C(=O)N[C@H](C)Cc1cn(C(=O)N(C)Cc2ccccc2)c2ccccc12. The molecule has 1 heterocycles. The number of benzene rings is 2. The highest BCUT2D eigenvalue weighted by atomic mass is 16.5. The zero-order valence-corrected chi connectivity index (χ0v) is 21.2. The van der Waals surface area contributed by atoms with Gasteiger partial charge in [0, 0.05) is 31.2 Å². The number of aromatic nitrogens is 1. The summed E-state index contributed by atoms with van der Waals surface area (Å²) in [7, 11) is 3.08. The molecule has 2 aromatic carbocycles. The van der Waals surface area contributed by atoms with Gasteiger partial charge in [0.15, 0.2) is 0 Å². The quantitative estimate of drug-likeness (QED) is 0.360. The smallest absolute Gasteiger partial charge is 0.328 e. The molecule has 0 saturated heterocycles. The molecule has 0 radical (unpaired) electrons. The van der Waals surface area contributed by atoms with E-state index in [1.54, 1.807) is 16.5 Å². The Hall–Kier alpha value is -3.61. The third-order valence-electron chi connectivity index (χ3n) is 6.01. The Kier molecular flexibility index (Phi) is 8.68. The number of rotatable bonds is 9. The number of hydrogen-bond donors (Lipinski definition) is 1. The highest BCUT2D eigenvalue weighted by Gasteiger charge is 2.29.